The first-order valence-electron chi connectivity index (χ1n) is 23.9. The Kier molecular flexibility index (Phi) is 42.9. The number of amides is 1. The number of carboxylic acid groups (broad SMARTS) is 1. The number of aliphatic hydroxyl groups is 1. The average molecular weight is 914 g/mol. The van der Waals surface area contributed by atoms with Crippen LogP contribution in [-0.2, 0) is 32.7 Å². The van der Waals surface area contributed by atoms with Crippen LogP contribution in [0.2, 0.25) is 0 Å². The fraction of sp³-hybridized carbons (Fsp3) is 0.596. The normalized spacial score (nSPS) is 14.6. The molecular weight excluding hydrogens is 830 g/mol. The Morgan fingerprint density at radius 1 is 0.516 bits per heavy atom. The number of hydrogen-bond acceptors (Lipinski definition) is 8. The zero-order valence-corrected chi connectivity index (χ0v) is 40.2. The van der Waals surface area contributed by atoms with Gasteiger partial charge in [0.15, 0.2) is 6.04 Å². The van der Waals surface area contributed by atoms with E-state index in [2.05, 4.69) is 116 Å². The summed E-state index contributed by atoms with van der Waals surface area (Å²) in [4.78, 5) is 46.0. The number of phosphoric ester groups is 1. The van der Waals surface area contributed by atoms with Gasteiger partial charge in [0.25, 0.3) is 0 Å². The first-order chi connectivity index (χ1) is 31.1. The molecule has 0 fully saturated rings. The molecule has 12 heteroatoms. The number of carboxylic acids is 1. The third kappa shape index (κ3) is 44.7. The maximum atomic E-state index is 12.3. The fourth-order valence-electron chi connectivity index (χ4n) is 5.86. The van der Waals surface area contributed by atoms with Gasteiger partial charge in [-0.1, -0.05) is 168 Å². The molecule has 0 heterocycles. The molecule has 1 amide bonds. The summed E-state index contributed by atoms with van der Waals surface area (Å²) in [5.41, 5.74) is 0. The van der Waals surface area contributed by atoms with Crippen molar-refractivity contribution in [2.75, 3.05) is 19.8 Å². The Labute approximate surface area is 386 Å². The molecule has 0 aliphatic carbocycles. The topological polar surface area (TPSA) is 169 Å². The molecule has 0 saturated heterocycles. The summed E-state index contributed by atoms with van der Waals surface area (Å²) >= 11 is 0. The van der Waals surface area contributed by atoms with Crippen molar-refractivity contribution in [2.24, 2.45) is 0 Å². The van der Waals surface area contributed by atoms with Gasteiger partial charge in [-0.25, -0.2) is 9.36 Å². The minimum atomic E-state index is -4.79. The highest BCUT2D eigenvalue weighted by Gasteiger charge is 2.28. The summed E-state index contributed by atoms with van der Waals surface area (Å²) in [6, 6.07) is -1.58. The number of unbranched alkanes of at least 4 members (excludes halogenated alkanes) is 11. The lowest BCUT2D eigenvalue weighted by molar-refractivity contribution is -0.147. The van der Waals surface area contributed by atoms with E-state index < -0.39 is 57.6 Å². The summed E-state index contributed by atoms with van der Waals surface area (Å²) in [5, 5.41) is 21.8. The number of ether oxygens (including phenoxy) is 1. The van der Waals surface area contributed by atoms with Crippen LogP contribution < -0.4 is 5.32 Å². The summed E-state index contributed by atoms with van der Waals surface area (Å²) in [6.07, 6.45) is 59.7. The predicted molar refractivity (Wildman–Crippen MR) is 263 cm³/mol. The van der Waals surface area contributed by atoms with Crippen molar-refractivity contribution in [1.82, 2.24) is 5.32 Å². The molecule has 64 heavy (non-hydrogen) atoms. The molecule has 0 aliphatic rings. The van der Waals surface area contributed by atoms with Gasteiger partial charge in [-0.3, -0.25) is 18.6 Å². The van der Waals surface area contributed by atoms with Crippen molar-refractivity contribution in [2.45, 2.75) is 180 Å². The van der Waals surface area contributed by atoms with E-state index in [0.717, 1.165) is 96.3 Å². The highest BCUT2D eigenvalue weighted by atomic mass is 31.2. The van der Waals surface area contributed by atoms with Crippen LogP contribution in [0.15, 0.2) is 109 Å². The van der Waals surface area contributed by atoms with Crippen LogP contribution in [-0.4, -0.2) is 64.9 Å². The molecule has 362 valence electrons. The lowest BCUT2D eigenvalue weighted by Gasteiger charge is -2.18. The molecule has 0 bridgehead atoms. The Morgan fingerprint density at radius 2 is 0.922 bits per heavy atom. The van der Waals surface area contributed by atoms with Crippen molar-refractivity contribution < 1.29 is 47.8 Å². The Hall–Kier alpha value is -3.86. The first-order valence-corrected chi connectivity index (χ1v) is 25.4. The van der Waals surface area contributed by atoms with E-state index in [1.165, 1.54) is 25.7 Å². The van der Waals surface area contributed by atoms with Gasteiger partial charge in [0.2, 0.25) is 5.91 Å². The molecule has 11 nitrogen and oxygen atoms in total. The molecular formula is C52H84NO10P. The molecule has 0 radical (unpaired) electrons. The van der Waals surface area contributed by atoms with E-state index in [1.54, 1.807) is 0 Å². The highest BCUT2D eigenvalue weighted by Crippen LogP contribution is 2.43. The first kappa shape index (κ1) is 60.1. The van der Waals surface area contributed by atoms with Gasteiger partial charge < -0.3 is 25.2 Å². The van der Waals surface area contributed by atoms with Crippen LogP contribution in [0.4, 0.5) is 0 Å². The summed E-state index contributed by atoms with van der Waals surface area (Å²) < 4.78 is 26.9. The molecule has 0 aromatic heterocycles. The van der Waals surface area contributed by atoms with Gasteiger partial charge in [0, 0.05) is 12.8 Å². The molecule has 0 aromatic carbocycles. The third-order valence-electron chi connectivity index (χ3n) is 9.55. The monoisotopic (exact) mass is 914 g/mol. The largest absolute Gasteiger partial charge is 0.480 e. The van der Waals surface area contributed by atoms with E-state index >= 15 is 0 Å². The summed E-state index contributed by atoms with van der Waals surface area (Å²) in [6.45, 7) is 2.39. The third-order valence-corrected chi connectivity index (χ3v) is 10.5. The van der Waals surface area contributed by atoms with Crippen molar-refractivity contribution in [3.63, 3.8) is 0 Å². The number of aliphatic carboxylic acids is 1. The average Bonchev–Trinajstić information content (AvgIpc) is 3.27. The molecule has 0 aromatic rings. The lowest BCUT2D eigenvalue weighted by Crippen LogP contribution is -2.43. The minimum Gasteiger partial charge on any atom is -0.480 e. The second kappa shape index (κ2) is 45.7. The van der Waals surface area contributed by atoms with Gasteiger partial charge in [-0.15, -0.1) is 0 Å². The zero-order valence-electron chi connectivity index (χ0n) is 39.3. The van der Waals surface area contributed by atoms with Crippen molar-refractivity contribution >= 4 is 25.7 Å². The number of phosphoric acid groups is 1. The summed E-state index contributed by atoms with van der Waals surface area (Å²) in [7, 11) is -4.79. The molecule has 3 atom stereocenters. The second-order valence-electron chi connectivity index (χ2n) is 15.6. The number of carbonyl (C=O) groups is 3. The fourth-order valence-corrected chi connectivity index (χ4v) is 6.63. The van der Waals surface area contributed by atoms with Crippen LogP contribution in [0.3, 0.4) is 0 Å². The molecule has 4 N–H and O–H groups in total. The number of hydrogen-bond donors (Lipinski definition) is 4. The van der Waals surface area contributed by atoms with Crippen LogP contribution in [0, 0.1) is 0 Å². The number of rotatable bonds is 43. The van der Waals surface area contributed by atoms with Crippen LogP contribution in [0.1, 0.15) is 168 Å². The van der Waals surface area contributed by atoms with Gasteiger partial charge in [-0.05, 0) is 96.3 Å². The van der Waals surface area contributed by atoms with Gasteiger partial charge in [0.05, 0.1) is 13.2 Å². The maximum Gasteiger partial charge on any atom is 0.472 e. The van der Waals surface area contributed by atoms with Crippen LogP contribution in [0.5, 0.6) is 0 Å². The SMILES string of the molecule is CC/C=C\C/C=C\C/C=C\C/C=C\C/C=C\CCCCCCCCCC(=O)OCC(O)COP(=O)(O)OCC(NC(=O)CCC/C=C\C/C=C\C/C=C\C/C=C\CCCCC)C(=O)O. The molecule has 0 rings (SSSR count). The van der Waals surface area contributed by atoms with Crippen molar-refractivity contribution in [3.05, 3.63) is 109 Å². The quantitative estimate of drug-likeness (QED) is 0.0200. The summed E-state index contributed by atoms with van der Waals surface area (Å²) in [5.74, 6) is -2.48. The number of esters is 1. The van der Waals surface area contributed by atoms with Gasteiger partial charge >= 0.3 is 19.8 Å². The molecule has 0 aliphatic heterocycles. The Balaban J connectivity index is 3.96. The van der Waals surface area contributed by atoms with Gasteiger partial charge in [-0.2, -0.15) is 0 Å². The van der Waals surface area contributed by atoms with Crippen molar-refractivity contribution in [3.8, 4) is 0 Å². The maximum absolute atomic E-state index is 12.3. The molecule has 3 unspecified atom stereocenters. The van der Waals surface area contributed by atoms with Crippen LogP contribution >= 0.6 is 7.82 Å². The standard InChI is InChI=1S/C52H84NO10P/c1-3-5-7-9-11-13-15-17-19-21-22-23-24-25-26-28-30-32-34-36-38-40-42-44-51(56)61-45-48(54)46-62-64(59,60)63-47-49(52(57)58)53-50(55)43-41-39-37-35-33-31-29-27-20-18-16-14-12-10-8-6-4-2/h5,7,11-14,17-20,22-23,25-26,29,31,35,37,48-49,54H,3-4,6,8-10,15-16,21,24,27-28,30,32-34,36,38-47H2,1-2H3,(H,53,55)(H,57,58)(H,59,60)/b7-5-,13-11-,14-12-,19-17-,20-18-,23-22-,26-25-,31-29-,37-35-. The number of nitrogens with one attached hydrogen (secondary N) is 1. The predicted octanol–water partition coefficient (Wildman–Crippen LogP) is 13.0. The van der Waals surface area contributed by atoms with Gasteiger partial charge in [0.1, 0.15) is 12.7 Å². The molecule has 0 saturated carbocycles. The Morgan fingerprint density at radius 3 is 1.39 bits per heavy atom. The van der Waals surface area contributed by atoms with E-state index in [0.29, 0.717) is 19.3 Å². The van der Waals surface area contributed by atoms with E-state index in [-0.39, 0.29) is 12.8 Å². The number of carbonyl (C=O) groups excluding carboxylic acids is 2. The zero-order chi connectivity index (χ0) is 47.0. The van der Waals surface area contributed by atoms with Crippen LogP contribution in [0.25, 0.3) is 0 Å². The second-order valence-corrected chi connectivity index (χ2v) is 17.0. The number of allylic oxidation sites excluding steroid dienone is 18. The number of aliphatic hydroxyl groups excluding tert-OH is 1. The minimum absolute atomic E-state index is 0.0630. The highest BCUT2D eigenvalue weighted by molar-refractivity contribution is 7.47. The molecule has 0 spiro atoms. The van der Waals surface area contributed by atoms with E-state index in [4.69, 9.17) is 13.8 Å². The Bertz CT molecular complexity index is 1490. The van der Waals surface area contributed by atoms with E-state index in [1.807, 2.05) is 12.2 Å². The smallest absolute Gasteiger partial charge is 0.472 e. The van der Waals surface area contributed by atoms with Crippen molar-refractivity contribution in [1.29, 1.82) is 0 Å². The van der Waals surface area contributed by atoms with E-state index in [9.17, 15) is 34.1 Å². The lowest BCUT2D eigenvalue weighted by atomic mass is 10.1.